The molecule has 0 fully saturated rings. The summed E-state index contributed by atoms with van der Waals surface area (Å²) < 4.78 is 0. The van der Waals surface area contributed by atoms with Crippen molar-refractivity contribution in [2.75, 3.05) is 29.9 Å². The summed E-state index contributed by atoms with van der Waals surface area (Å²) in [5.74, 6) is 0. The van der Waals surface area contributed by atoms with Crippen LogP contribution in [0.4, 0.5) is 11.4 Å². The Morgan fingerprint density at radius 1 is 1.00 bits per heavy atom. The molecule has 1 N–H and O–H groups in total. The Hall–Kier alpha value is -1.18. The maximum Gasteiger partial charge on any atom is 0.0371 e. The largest absolute Gasteiger partial charge is 0.385 e. The second kappa shape index (κ2) is 8.84. The van der Waals surface area contributed by atoms with E-state index in [1.807, 2.05) is 0 Å². The van der Waals surface area contributed by atoms with E-state index >= 15 is 0 Å². The molecule has 0 aliphatic heterocycles. The van der Waals surface area contributed by atoms with Crippen molar-refractivity contribution in [1.82, 2.24) is 0 Å². The molecule has 108 valence electrons. The summed E-state index contributed by atoms with van der Waals surface area (Å²) in [6.45, 7) is 12.1. The Labute approximate surface area is 119 Å². The summed E-state index contributed by atoms with van der Waals surface area (Å²) in [5, 5.41) is 3.56. The van der Waals surface area contributed by atoms with E-state index in [0.717, 1.165) is 19.6 Å². The minimum Gasteiger partial charge on any atom is -0.385 e. The topological polar surface area (TPSA) is 15.3 Å². The van der Waals surface area contributed by atoms with Crippen LogP contribution in [0.5, 0.6) is 0 Å². The highest BCUT2D eigenvalue weighted by Crippen LogP contribution is 2.22. The summed E-state index contributed by atoms with van der Waals surface area (Å²) in [7, 11) is 0. The lowest BCUT2D eigenvalue weighted by Crippen LogP contribution is -2.21. The molecule has 0 saturated carbocycles. The summed E-state index contributed by atoms with van der Waals surface area (Å²) in [5.41, 5.74) is 3.96. The second-order valence-corrected chi connectivity index (χ2v) is 5.16. The van der Waals surface area contributed by atoms with Crippen molar-refractivity contribution in [3.63, 3.8) is 0 Å². The fraction of sp³-hybridized carbons (Fsp3) is 0.647. The third kappa shape index (κ3) is 5.14. The van der Waals surface area contributed by atoms with E-state index in [-0.39, 0.29) is 0 Å². The summed E-state index contributed by atoms with van der Waals surface area (Å²) >= 11 is 0. The number of anilines is 2. The van der Waals surface area contributed by atoms with Crippen LogP contribution in [0.1, 0.15) is 52.0 Å². The molecule has 0 heterocycles. The number of rotatable bonds is 9. The molecule has 1 aromatic carbocycles. The molecule has 1 rings (SSSR count). The van der Waals surface area contributed by atoms with E-state index in [9.17, 15) is 0 Å². The maximum absolute atomic E-state index is 3.56. The van der Waals surface area contributed by atoms with Gasteiger partial charge in [0.2, 0.25) is 0 Å². The first kappa shape index (κ1) is 15.9. The number of nitrogens with one attached hydrogen (secondary N) is 1. The van der Waals surface area contributed by atoms with Crippen molar-refractivity contribution >= 4 is 11.4 Å². The van der Waals surface area contributed by atoms with E-state index in [2.05, 4.69) is 56.1 Å². The molecule has 0 spiro atoms. The number of unbranched alkanes of at least 4 members (excludes halogenated alkanes) is 3. The van der Waals surface area contributed by atoms with Gasteiger partial charge in [-0.1, -0.05) is 26.2 Å². The first-order valence-corrected chi connectivity index (χ1v) is 7.82. The molecule has 0 amide bonds. The van der Waals surface area contributed by atoms with Gasteiger partial charge in [0.15, 0.2) is 0 Å². The van der Waals surface area contributed by atoms with Gasteiger partial charge in [-0.15, -0.1) is 0 Å². The average molecular weight is 262 g/mol. The smallest absolute Gasteiger partial charge is 0.0371 e. The predicted molar refractivity (Wildman–Crippen MR) is 87.4 cm³/mol. The van der Waals surface area contributed by atoms with Crippen molar-refractivity contribution in [3.8, 4) is 0 Å². The third-order valence-electron chi connectivity index (χ3n) is 3.68. The molecule has 0 aliphatic rings. The first-order chi connectivity index (χ1) is 9.22. The van der Waals surface area contributed by atoms with E-state index in [1.165, 1.54) is 42.6 Å². The number of aryl methyl sites for hydroxylation is 1. The Balaban J connectivity index is 2.52. The monoisotopic (exact) mass is 262 g/mol. The van der Waals surface area contributed by atoms with Gasteiger partial charge in [-0.25, -0.2) is 0 Å². The lowest BCUT2D eigenvalue weighted by molar-refractivity contribution is 0.685. The normalized spacial score (nSPS) is 10.5. The minimum atomic E-state index is 1.07. The van der Waals surface area contributed by atoms with Crippen LogP contribution in [-0.4, -0.2) is 19.6 Å². The van der Waals surface area contributed by atoms with Crippen molar-refractivity contribution in [1.29, 1.82) is 0 Å². The zero-order chi connectivity index (χ0) is 14.1. The highest BCUT2D eigenvalue weighted by atomic mass is 15.1. The lowest BCUT2D eigenvalue weighted by atomic mass is 10.1. The van der Waals surface area contributed by atoms with Crippen LogP contribution in [0.15, 0.2) is 18.2 Å². The fourth-order valence-electron chi connectivity index (χ4n) is 2.41. The van der Waals surface area contributed by atoms with E-state index in [1.54, 1.807) is 0 Å². The molecule has 2 heteroatoms. The fourth-order valence-corrected chi connectivity index (χ4v) is 2.41. The maximum atomic E-state index is 3.56. The van der Waals surface area contributed by atoms with Crippen molar-refractivity contribution in [2.24, 2.45) is 0 Å². The predicted octanol–water partition coefficient (Wildman–Crippen LogP) is 4.83. The van der Waals surface area contributed by atoms with Crippen molar-refractivity contribution in [3.05, 3.63) is 23.8 Å². The second-order valence-electron chi connectivity index (χ2n) is 5.16. The van der Waals surface area contributed by atoms with Crippen LogP contribution in [0.3, 0.4) is 0 Å². The molecular formula is C17H30N2. The number of hydrogen-bond donors (Lipinski definition) is 1. The molecule has 0 aliphatic carbocycles. The van der Waals surface area contributed by atoms with Crippen molar-refractivity contribution < 1.29 is 0 Å². The Bertz CT molecular complexity index is 356. The van der Waals surface area contributed by atoms with Crippen LogP contribution < -0.4 is 10.2 Å². The van der Waals surface area contributed by atoms with E-state index in [4.69, 9.17) is 0 Å². The molecule has 19 heavy (non-hydrogen) atoms. The van der Waals surface area contributed by atoms with Gasteiger partial charge in [-0.2, -0.15) is 0 Å². The molecule has 0 atom stereocenters. The summed E-state index contributed by atoms with van der Waals surface area (Å²) in [4.78, 5) is 2.39. The van der Waals surface area contributed by atoms with E-state index in [0.29, 0.717) is 0 Å². The SMILES string of the molecule is CCCCCCNc1ccc(N(CC)CC)cc1C. The Morgan fingerprint density at radius 3 is 2.32 bits per heavy atom. The molecular weight excluding hydrogens is 232 g/mol. The highest BCUT2D eigenvalue weighted by molar-refractivity contribution is 5.60. The van der Waals surface area contributed by atoms with Crippen LogP contribution >= 0.6 is 0 Å². The van der Waals surface area contributed by atoms with Crippen LogP contribution in [0, 0.1) is 6.92 Å². The van der Waals surface area contributed by atoms with Gasteiger partial charge >= 0.3 is 0 Å². The highest BCUT2D eigenvalue weighted by Gasteiger charge is 2.04. The zero-order valence-corrected chi connectivity index (χ0v) is 13.1. The van der Waals surface area contributed by atoms with Gasteiger partial charge in [0, 0.05) is 31.0 Å². The number of nitrogens with zero attached hydrogens (tertiary/aromatic N) is 1. The molecule has 0 radical (unpaired) electrons. The number of hydrogen-bond acceptors (Lipinski definition) is 2. The molecule has 0 saturated heterocycles. The van der Waals surface area contributed by atoms with E-state index < -0.39 is 0 Å². The number of benzene rings is 1. The quantitative estimate of drug-likeness (QED) is 0.641. The van der Waals surface area contributed by atoms with Gasteiger partial charge < -0.3 is 10.2 Å². The standard InChI is InChI=1S/C17H30N2/c1-5-8-9-10-13-18-17-12-11-16(14-15(17)4)19(6-2)7-3/h11-12,14,18H,5-10,13H2,1-4H3. The zero-order valence-electron chi connectivity index (χ0n) is 13.1. The molecule has 2 nitrogen and oxygen atoms in total. The summed E-state index contributed by atoms with van der Waals surface area (Å²) in [6, 6.07) is 6.75. The van der Waals surface area contributed by atoms with Gasteiger partial charge in [0.1, 0.15) is 0 Å². The molecule has 0 bridgehead atoms. The molecule has 1 aromatic rings. The third-order valence-corrected chi connectivity index (χ3v) is 3.68. The first-order valence-electron chi connectivity index (χ1n) is 7.82. The van der Waals surface area contributed by atoms with Crippen LogP contribution in [-0.2, 0) is 0 Å². The minimum absolute atomic E-state index is 1.07. The van der Waals surface area contributed by atoms with Crippen LogP contribution in [0.25, 0.3) is 0 Å². The van der Waals surface area contributed by atoms with Gasteiger partial charge in [0.25, 0.3) is 0 Å². The van der Waals surface area contributed by atoms with Crippen LogP contribution in [0.2, 0.25) is 0 Å². The Morgan fingerprint density at radius 2 is 1.74 bits per heavy atom. The van der Waals surface area contributed by atoms with Gasteiger partial charge in [0.05, 0.1) is 0 Å². The Kier molecular flexibility index (Phi) is 7.39. The lowest BCUT2D eigenvalue weighted by Gasteiger charge is -2.22. The molecule has 0 unspecified atom stereocenters. The van der Waals surface area contributed by atoms with Crippen molar-refractivity contribution in [2.45, 2.75) is 53.4 Å². The summed E-state index contributed by atoms with van der Waals surface area (Å²) in [6.07, 6.45) is 5.25. The average Bonchev–Trinajstić information content (AvgIpc) is 2.42. The molecule has 0 aromatic heterocycles. The van der Waals surface area contributed by atoms with Gasteiger partial charge in [-0.3, -0.25) is 0 Å². The van der Waals surface area contributed by atoms with Gasteiger partial charge in [-0.05, 0) is 51.0 Å².